The molecule has 2 nitrogen and oxygen atoms in total. The van der Waals surface area contributed by atoms with Gasteiger partial charge in [-0.3, -0.25) is 4.90 Å². The van der Waals surface area contributed by atoms with Crippen molar-refractivity contribution in [1.82, 2.24) is 10.2 Å². The van der Waals surface area contributed by atoms with Gasteiger partial charge in [-0.1, -0.05) is 6.07 Å². The standard InChI is InChI=1S/C12H16BrFN2.ClH/c1-9-7-16(5-4-15-9)8-10-2-3-12(14)11(13)6-10;/h2-3,6,9,15H,4-5,7-8H2,1H3;1H. The van der Waals surface area contributed by atoms with Crippen LogP contribution in [0.4, 0.5) is 4.39 Å². The third-order valence-electron chi connectivity index (χ3n) is 2.84. The maximum Gasteiger partial charge on any atom is 0.137 e. The van der Waals surface area contributed by atoms with Crippen molar-refractivity contribution in [2.24, 2.45) is 0 Å². The molecule has 1 aromatic rings. The van der Waals surface area contributed by atoms with E-state index < -0.39 is 0 Å². The van der Waals surface area contributed by atoms with Crippen molar-refractivity contribution in [2.45, 2.75) is 19.5 Å². The van der Waals surface area contributed by atoms with Crippen LogP contribution in [0.25, 0.3) is 0 Å². The summed E-state index contributed by atoms with van der Waals surface area (Å²) >= 11 is 3.22. The summed E-state index contributed by atoms with van der Waals surface area (Å²) in [6, 6.07) is 5.78. The van der Waals surface area contributed by atoms with E-state index in [4.69, 9.17) is 0 Å². The molecule has 0 aliphatic carbocycles. The number of piperazine rings is 1. The second-order valence-corrected chi connectivity index (χ2v) is 5.19. The lowest BCUT2D eigenvalue weighted by atomic mass is 10.1. The zero-order valence-electron chi connectivity index (χ0n) is 9.75. The van der Waals surface area contributed by atoms with E-state index in [1.165, 1.54) is 6.07 Å². The molecule has 0 amide bonds. The quantitative estimate of drug-likeness (QED) is 0.900. The molecular formula is C12H17BrClFN2. The summed E-state index contributed by atoms with van der Waals surface area (Å²) < 4.78 is 13.6. The molecule has 1 fully saturated rings. The molecule has 96 valence electrons. The summed E-state index contributed by atoms with van der Waals surface area (Å²) in [6.07, 6.45) is 0. The van der Waals surface area contributed by atoms with Crippen LogP contribution in [-0.2, 0) is 6.54 Å². The summed E-state index contributed by atoms with van der Waals surface area (Å²) in [5, 5.41) is 3.41. The van der Waals surface area contributed by atoms with Crippen molar-refractivity contribution in [1.29, 1.82) is 0 Å². The highest BCUT2D eigenvalue weighted by atomic mass is 79.9. The van der Waals surface area contributed by atoms with Crippen molar-refractivity contribution >= 4 is 28.3 Å². The summed E-state index contributed by atoms with van der Waals surface area (Å²) in [6.45, 7) is 6.22. The van der Waals surface area contributed by atoms with E-state index in [0.29, 0.717) is 10.5 Å². The molecule has 17 heavy (non-hydrogen) atoms. The lowest BCUT2D eigenvalue weighted by Gasteiger charge is -2.31. The third kappa shape index (κ3) is 4.21. The number of hydrogen-bond donors (Lipinski definition) is 1. The average Bonchev–Trinajstić information content (AvgIpc) is 2.24. The summed E-state index contributed by atoms with van der Waals surface area (Å²) in [4.78, 5) is 2.39. The Hall–Kier alpha value is -0.160. The first-order valence-corrected chi connectivity index (χ1v) is 6.34. The van der Waals surface area contributed by atoms with E-state index in [1.54, 1.807) is 0 Å². The number of hydrogen-bond acceptors (Lipinski definition) is 2. The van der Waals surface area contributed by atoms with E-state index in [9.17, 15) is 4.39 Å². The fraction of sp³-hybridized carbons (Fsp3) is 0.500. The molecule has 1 saturated heterocycles. The van der Waals surface area contributed by atoms with Crippen LogP contribution in [0, 0.1) is 5.82 Å². The van der Waals surface area contributed by atoms with E-state index in [-0.39, 0.29) is 18.2 Å². The van der Waals surface area contributed by atoms with Crippen LogP contribution >= 0.6 is 28.3 Å². The van der Waals surface area contributed by atoms with Gasteiger partial charge in [0.1, 0.15) is 5.82 Å². The fourth-order valence-electron chi connectivity index (χ4n) is 2.05. The number of nitrogens with one attached hydrogen (secondary N) is 1. The van der Waals surface area contributed by atoms with Gasteiger partial charge in [0.05, 0.1) is 4.47 Å². The minimum absolute atomic E-state index is 0. The molecule has 1 atom stereocenters. The van der Waals surface area contributed by atoms with Gasteiger partial charge in [0.25, 0.3) is 0 Å². The summed E-state index contributed by atoms with van der Waals surface area (Å²) in [7, 11) is 0. The lowest BCUT2D eigenvalue weighted by molar-refractivity contribution is 0.199. The number of halogens is 3. The van der Waals surface area contributed by atoms with Crippen molar-refractivity contribution in [3.8, 4) is 0 Å². The van der Waals surface area contributed by atoms with Crippen LogP contribution in [0.3, 0.4) is 0 Å². The Morgan fingerprint density at radius 2 is 2.29 bits per heavy atom. The molecule has 0 bridgehead atoms. The molecule has 1 N–H and O–H groups in total. The molecule has 1 unspecified atom stereocenters. The molecule has 1 aromatic carbocycles. The van der Waals surface area contributed by atoms with Gasteiger partial charge in [-0.15, -0.1) is 12.4 Å². The zero-order valence-corrected chi connectivity index (χ0v) is 12.2. The smallest absolute Gasteiger partial charge is 0.137 e. The number of nitrogens with zero attached hydrogens (tertiary/aromatic N) is 1. The third-order valence-corrected chi connectivity index (χ3v) is 3.45. The van der Waals surface area contributed by atoms with Crippen molar-refractivity contribution in [3.63, 3.8) is 0 Å². The fourth-order valence-corrected chi connectivity index (χ4v) is 2.48. The van der Waals surface area contributed by atoms with E-state index in [1.807, 2.05) is 12.1 Å². The monoisotopic (exact) mass is 322 g/mol. The highest BCUT2D eigenvalue weighted by Gasteiger charge is 2.15. The number of rotatable bonds is 2. The van der Waals surface area contributed by atoms with E-state index in [0.717, 1.165) is 31.7 Å². The molecule has 5 heteroatoms. The maximum atomic E-state index is 13.1. The van der Waals surface area contributed by atoms with Crippen LogP contribution in [0.15, 0.2) is 22.7 Å². The van der Waals surface area contributed by atoms with Gasteiger partial charge in [0.15, 0.2) is 0 Å². The molecule has 2 rings (SSSR count). The van der Waals surface area contributed by atoms with Crippen LogP contribution in [-0.4, -0.2) is 30.6 Å². The van der Waals surface area contributed by atoms with Gasteiger partial charge in [-0.05, 0) is 40.5 Å². The second kappa shape index (κ2) is 6.69. The Kier molecular flexibility index (Phi) is 5.86. The lowest BCUT2D eigenvalue weighted by Crippen LogP contribution is -2.48. The zero-order chi connectivity index (χ0) is 11.5. The molecule has 0 radical (unpaired) electrons. The Morgan fingerprint density at radius 1 is 1.53 bits per heavy atom. The van der Waals surface area contributed by atoms with Gasteiger partial charge in [0.2, 0.25) is 0 Å². The van der Waals surface area contributed by atoms with Crippen molar-refractivity contribution in [3.05, 3.63) is 34.1 Å². The van der Waals surface area contributed by atoms with Crippen molar-refractivity contribution in [2.75, 3.05) is 19.6 Å². The Labute approximate surface area is 116 Å². The SMILES string of the molecule is CC1CN(Cc2ccc(F)c(Br)c2)CCN1.Cl. The van der Waals surface area contributed by atoms with Crippen molar-refractivity contribution < 1.29 is 4.39 Å². The molecule has 1 aliphatic heterocycles. The summed E-state index contributed by atoms with van der Waals surface area (Å²) in [5.74, 6) is -0.197. The molecule has 1 heterocycles. The van der Waals surface area contributed by atoms with Crippen LogP contribution in [0.5, 0.6) is 0 Å². The maximum absolute atomic E-state index is 13.1. The van der Waals surface area contributed by atoms with Gasteiger partial charge >= 0.3 is 0 Å². The molecular weight excluding hydrogens is 307 g/mol. The Morgan fingerprint density at radius 3 is 2.94 bits per heavy atom. The normalized spacial score (nSPS) is 21.0. The predicted octanol–water partition coefficient (Wildman–Crippen LogP) is 2.80. The summed E-state index contributed by atoms with van der Waals surface area (Å²) in [5.41, 5.74) is 1.15. The van der Waals surface area contributed by atoms with Crippen LogP contribution in [0.1, 0.15) is 12.5 Å². The van der Waals surface area contributed by atoms with Gasteiger partial charge < -0.3 is 5.32 Å². The highest BCUT2D eigenvalue weighted by molar-refractivity contribution is 9.10. The minimum atomic E-state index is -0.197. The molecule has 0 spiro atoms. The number of benzene rings is 1. The molecule has 1 aliphatic rings. The minimum Gasteiger partial charge on any atom is -0.312 e. The van der Waals surface area contributed by atoms with E-state index in [2.05, 4.69) is 33.1 Å². The first-order chi connectivity index (χ1) is 7.65. The predicted molar refractivity (Wildman–Crippen MR) is 74.1 cm³/mol. The topological polar surface area (TPSA) is 15.3 Å². The second-order valence-electron chi connectivity index (χ2n) is 4.34. The van der Waals surface area contributed by atoms with Gasteiger partial charge in [-0.25, -0.2) is 4.39 Å². The Bertz CT molecular complexity index is 376. The Balaban J connectivity index is 0.00000144. The largest absolute Gasteiger partial charge is 0.312 e. The highest BCUT2D eigenvalue weighted by Crippen LogP contribution is 2.18. The van der Waals surface area contributed by atoms with Gasteiger partial charge in [-0.2, -0.15) is 0 Å². The molecule has 0 saturated carbocycles. The first-order valence-electron chi connectivity index (χ1n) is 5.55. The van der Waals surface area contributed by atoms with Crippen LogP contribution in [0.2, 0.25) is 0 Å². The molecule has 0 aromatic heterocycles. The average molecular weight is 324 g/mol. The van der Waals surface area contributed by atoms with Gasteiger partial charge in [0, 0.05) is 32.2 Å². The van der Waals surface area contributed by atoms with Crippen LogP contribution < -0.4 is 5.32 Å². The van der Waals surface area contributed by atoms with E-state index >= 15 is 0 Å². The first kappa shape index (κ1) is 14.9.